The molecule has 0 fully saturated rings. The SMILES string of the molecule is Cc1ccc(-c2nc(C)c(C3=C(c4sc(-c5ccc(C)s5)nc4C)C(F)(F)C(F)(F)C3(F)F)s2)s1. The van der Waals surface area contributed by atoms with E-state index in [0.29, 0.717) is 19.8 Å². The lowest BCUT2D eigenvalue weighted by Crippen LogP contribution is -2.48. The third kappa shape index (κ3) is 3.55. The predicted molar refractivity (Wildman–Crippen MR) is 131 cm³/mol. The zero-order chi connectivity index (χ0) is 25.5. The van der Waals surface area contributed by atoms with Crippen molar-refractivity contribution in [1.29, 1.82) is 0 Å². The summed E-state index contributed by atoms with van der Waals surface area (Å²) in [6, 6.07) is 7.08. The van der Waals surface area contributed by atoms with E-state index >= 15 is 17.6 Å². The first-order valence-corrected chi connectivity index (χ1v) is 13.5. The van der Waals surface area contributed by atoms with Crippen molar-refractivity contribution in [2.75, 3.05) is 0 Å². The van der Waals surface area contributed by atoms with E-state index in [0.717, 1.165) is 32.4 Å². The normalized spacial score (nSPS) is 18.6. The lowest BCUT2D eigenvalue weighted by atomic mass is 10.0. The van der Waals surface area contributed by atoms with Gasteiger partial charge in [0.15, 0.2) is 0 Å². The molecule has 0 saturated heterocycles. The molecule has 0 atom stereocenters. The first-order valence-electron chi connectivity index (χ1n) is 10.2. The van der Waals surface area contributed by atoms with E-state index in [4.69, 9.17) is 0 Å². The smallest absolute Gasteiger partial charge is 0.240 e. The highest BCUT2D eigenvalue weighted by atomic mass is 32.1. The Labute approximate surface area is 212 Å². The second-order valence-corrected chi connectivity index (χ2v) is 12.7. The van der Waals surface area contributed by atoms with Crippen molar-refractivity contribution in [3.63, 3.8) is 0 Å². The number of thiazole rings is 2. The Morgan fingerprint density at radius 2 is 0.943 bits per heavy atom. The van der Waals surface area contributed by atoms with Gasteiger partial charge >= 0.3 is 17.8 Å². The van der Waals surface area contributed by atoms with Gasteiger partial charge in [0, 0.05) is 9.75 Å². The number of aryl methyl sites for hydroxylation is 4. The highest BCUT2D eigenvalue weighted by molar-refractivity contribution is 7.23. The van der Waals surface area contributed by atoms with E-state index < -0.39 is 28.9 Å². The molecule has 0 N–H and O–H groups in total. The standard InChI is InChI=1S/C23H16F6N2S4/c1-9-5-7-13(32-9)19-30-11(3)17(34-19)15-16(22(26,27)23(28,29)21(15,24)25)18-12(4)31-20(35-18)14-8-6-10(2)33-14/h5-8H,1-4H3. The summed E-state index contributed by atoms with van der Waals surface area (Å²) >= 11 is 4.14. The molecular weight excluding hydrogens is 547 g/mol. The Morgan fingerprint density at radius 3 is 1.26 bits per heavy atom. The van der Waals surface area contributed by atoms with Crippen molar-refractivity contribution < 1.29 is 26.3 Å². The van der Waals surface area contributed by atoms with Gasteiger partial charge in [-0.1, -0.05) is 0 Å². The van der Waals surface area contributed by atoms with Gasteiger partial charge in [-0.15, -0.1) is 45.3 Å². The summed E-state index contributed by atoms with van der Waals surface area (Å²) in [4.78, 5) is 11.0. The molecule has 0 saturated carbocycles. The molecule has 0 radical (unpaired) electrons. The minimum absolute atomic E-state index is 0.00648. The van der Waals surface area contributed by atoms with Crippen molar-refractivity contribution >= 4 is 56.5 Å². The average molecular weight is 563 g/mol. The number of halogens is 6. The molecule has 2 nitrogen and oxygen atoms in total. The van der Waals surface area contributed by atoms with Crippen LogP contribution in [0.3, 0.4) is 0 Å². The van der Waals surface area contributed by atoms with Crippen LogP contribution in [-0.4, -0.2) is 27.7 Å². The van der Waals surface area contributed by atoms with Crippen molar-refractivity contribution in [2.24, 2.45) is 0 Å². The van der Waals surface area contributed by atoms with E-state index in [1.807, 2.05) is 26.0 Å². The van der Waals surface area contributed by atoms with Gasteiger partial charge in [-0.25, -0.2) is 9.97 Å². The molecule has 0 aromatic carbocycles. The van der Waals surface area contributed by atoms with Crippen LogP contribution in [0.15, 0.2) is 24.3 Å². The molecule has 35 heavy (non-hydrogen) atoms. The monoisotopic (exact) mass is 562 g/mol. The Hall–Kier alpha value is -2.02. The first kappa shape index (κ1) is 24.7. The Balaban J connectivity index is 1.78. The fraction of sp³-hybridized carbons (Fsp3) is 0.304. The largest absolute Gasteiger partial charge is 0.380 e. The van der Waals surface area contributed by atoms with E-state index in [1.54, 1.807) is 12.1 Å². The maximum absolute atomic E-state index is 15.2. The number of rotatable bonds is 4. The minimum atomic E-state index is -5.61. The van der Waals surface area contributed by atoms with Gasteiger partial charge in [0.05, 0.1) is 42.0 Å². The van der Waals surface area contributed by atoms with Crippen LogP contribution in [0.25, 0.3) is 30.9 Å². The number of alkyl halides is 6. The lowest BCUT2D eigenvalue weighted by molar-refractivity contribution is -0.254. The van der Waals surface area contributed by atoms with Gasteiger partial charge in [0.25, 0.3) is 0 Å². The van der Waals surface area contributed by atoms with Crippen LogP contribution >= 0.6 is 45.3 Å². The number of thiophene rings is 2. The Kier molecular flexibility index (Phi) is 5.63. The van der Waals surface area contributed by atoms with Crippen LogP contribution in [0.4, 0.5) is 26.3 Å². The Bertz CT molecular complexity index is 1380. The highest BCUT2D eigenvalue weighted by Crippen LogP contribution is 2.66. The third-order valence-electron chi connectivity index (χ3n) is 5.62. The zero-order valence-electron chi connectivity index (χ0n) is 18.6. The summed E-state index contributed by atoms with van der Waals surface area (Å²) in [6.45, 7) is 6.43. The number of hydrogen-bond donors (Lipinski definition) is 0. The summed E-state index contributed by atoms with van der Waals surface area (Å²) in [6.07, 6.45) is 0. The van der Waals surface area contributed by atoms with Crippen LogP contribution in [0.1, 0.15) is 30.9 Å². The number of aromatic nitrogens is 2. The fourth-order valence-electron chi connectivity index (χ4n) is 3.90. The quantitative estimate of drug-likeness (QED) is 0.232. The van der Waals surface area contributed by atoms with E-state index in [2.05, 4.69) is 9.97 Å². The maximum Gasteiger partial charge on any atom is 0.380 e. The van der Waals surface area contributed by atoms with Gasteiger partial charge in [0.2, 0.25) is 0 Å². The molecule has 4 heterocycles. The molecule has 1 aliphatic rings. The van der Waals surface area contributed by atoms with Gasteiger partial charge in [0.1, 0.15) is 10.0 Å². The second kappa shape index (κ2) is 7.99. The van der Waals surface area contributed by atoms with Crippen LogP contribution in [-0.2, 0) is 0 Å². The van der Waals surface area contributed by atoms with Crippen LogP contribution < -0.4 is 0 Å². The molecule has 5 rings (SSSR count). The minimum Gasteiger partial charge on any atom is -0.240 e. The van der Waals surface area contributed by atoms with Crippen molar-refractivity contribution in [3.8, 4) is 19.8 Å². The molecule has 0 spiro atoms. The van der Waals surface area contributed by atoms with Crippen molar-refractivity contribution in [2.45, 2.75) is 45.5 Å². The average Bonchev–Trinajstić information content (AvgIpc) is 3.54. The molecular formula is C23H16F6N2S4. The van der Waals surface area contributed by atoms with Gasteiger partial charge < -0.3 is 0 Å². The number of hydrogen-bond acceptors (Lipinski definition) is 6. The van der Waals surface area contributed by atoms with E-state index in [1.165, 1.54) is 36.5 Å². The molecule has 1 aliphatic carbocycles. The van der Waals surface area contributed by atoms with Crippen molar-refractivity contribution in [1.82, 2.24) is 9.97 Å². The topological polar surface area (TPSA) is 25.8 Å². The van der Waals surface area contributed by atoms with Gasteiger partial charge in [-0.05, 0) is 52.0 Å². The van der Waals surface area contributed by atoms with Gasteiger partial charge in [-0.3, -0.25) is 0 Å². The summed E-state index contributed by atoms with van der Waals surface area (Å²) in [5.41, 5.74) is -2.76. The zero-order valence-corrected chi connectivity index (χ0v) is 21.9. The summed E-state index contributed by atoms with van der Waals surface area (Å²) < 4.78 is 90.4. The van der Waals surface area contributed by atoms with Gasteiger partial charge in [-0.2, -0.15) is 26.3 Å². The lowest BCUT2D eigenvalue weighted by Gasteiger charge is -2.25. The Morgan fingerprint density at radius 1 is 0.571 bits per heavy atom. The van der Waals surface area contributed by atoms with Crippen LogP contribution in [0.2, 0.25) is 0 Å². The molecule has 4 aromatic heterocycles. The summed E-state index contributed by atoms with van der Waals surface area (Å²) in [5, 5.41) is 0.625. The third-order valence-corrected chi connectivity index (χ3v) is 10.3. The summed E-state index contributed by atoms with van der Waals surface area (Å²) in [7, 11) is 0. The maximum atomic E-state index is 15.2. The van der Waals surface area contributed by atoms with Crippen molar-refractivity contribution in [3.05, 3.63) is 55.2 Å². The van der Waals surface area contributed by atoms with E-state index in [-0.39, 0.29) is 21.1 Å². The molecule has 0 aliphatic heterocycles. The molecule has 12 heteroatoms. The van der Waals surface area contributed by atoms with Crippen LogP contribution in [0, 0.1) is 27.7 Å². The summed E-state index contributed by atoms with van der Waals surface area (Å²) in [5.74, 6) is -15.8. The number of nitrogens with zero attached hydrogens (tertiary/aromatic N) is 2. The number of allylic oxidation sites excluding steroid dienone is 2. The van der Waals surface area contributed by atoms with Crippen LogP contribution in [0.5, 0.6) is 0 Å². The molecule has 0 bridgehead atoms. The van der Waals surface area contributed by atoms with E-state index in [9.17, 15) is 8.78 Å². The molecule has 0 amide bonds. The fourth-order valence-corrected chi connectivity index (χ4v) is 8.05. The molecule has 0 unspecified atom stereocenters. The molecule has 184 valence electrons. The molecule has 4 aromatic rings. The highest BCUT2D eigenvalue weighted by Gasteiger charge is 2.81. The first-order chi connectivity index (χ1) is 16.3. The second-order valence-electron chi connectivity index (χ2n) is 8.16. The predicted octanol–water partition coefficient (Wildman–Crippen LogP) is 9.12.